The Balaban J connectivity index is 0. The fraction of sp³-hybridized carbons (Fsp3) is 1.00. The van der Waals surface area contributed by atoms with Crippen LogP contribution < -0.4 is 12.4 Å². The van der Waals surface area contributed by atoms with Gasteiger partial charge in [0.25, 0.3) is 0 Å². The molecule has 0 aromatic heterocycles. The van der Waals surface area contributed by atoms with Crippen LogP contribution in [0.15, 0.2) is 0 Å². The van der Waals surface area contributed by atoms with Gasteiger partial charge in [0.05, 0.1) is 27.3 Å². The summed E-state index contributed by atoms with van der Waals surface area (Å²) >= 11 is 0. The Morgan fingerprint density at radius 3 is 1.88 bits per heavy atom. The monoisotopic (exact) mass is 367 g/mol. The fourth-order valence-corrected chi connectivity index (χ4v) is 2.90. The number of quaternary nitrogens is 1. The Labute approximate surface area is 156 Å². The molecule has 0 bridgehead atoms. The van der Waals surface area contributed by atoms with Gasteiger partial charge in [-0.25, -0.2) is 0 Å². The minimum atomic E-state index is -0.445. The molecule has 0 rings (SSSR count). The summed E-state index contributed by atoms with van der Waals surface area (Å²) in [6.45, 7) is 4.86. The molecule has 2 N–H and O–H groups in total. The molecule has 5 heteroatoms. The smallest absolute Gasteiger partial charge is 0.126 e. The van der Waals surface area contributed by atoms with E-state index in [9.17, 15) is 5.11 Å². The van der Waals surface area contributed by atoms with Crippen LogP contribution in [-0.2, 0) is 4.74 Å². The highest BCUT2D eigenvalue weighted by Crippen LogP contribution is 2.10. The topological polar surface area (TPSA) is 49.7 Å². The van der Waals surface area contributed by atoms with E-state index in [1.54, 1.807) is 0 Å². The SMILES string of the molecule is CCCCCCCCCCCCOCC(O)C[N+](C)(C)CCO.[Cl-]. The largest absolute Gasteiger partial charge is 1.00 e. The molecule has 0 radical (unpaired) electrons. The second kappa shape index (κ2) is 17.9. The molecule has 0 fully saturated rings. The van der Waals surface area contributed by atoms with Crippen molar-refractivity contribution in [2.45, 2.75) is 77.2 Å². The van der Waals surface area contributed by atoms with Crippen molar-refractivity contribution in [2.75, 3.05) is 47.0 Å². The maximum Gasteiger partial charge on any atom is 0.126 e. The van der Waals surface area contributed by atoms with Gasteiger partial charge in [0, 0.05) is 6.61 Å². The van der Waals surface area contributed by atoms with E-state index in [2.05, 4.69) is 6.92 Å². The second-order valence-corrected chi connectivity index (χ2v) is 7.48. The zero-order valence-corrected chi connectivity index (χ0v) is 17.1. The second-order valence-electron chi connectivity index (χ2n) is 7.48. The summed E-state index contributed by atoms with van der Waals surface area (Å²) in [6, 6.07) is 0. The zero-order valence-electron chi connectivity index (χ0n) is 16.3. The van der Waals surface area contributed by atoms with Gasteiger partial charge < -0.3 is 31.8 Å². The minimum absolute atomic E-state index is 0. The van der Waals surface area contributed by atoms with Gasteiger partial charge in [0.15, 0.2) is 0 Å². The molecular formula is C19H42ClNO3. The Morgan fingerprint density at radius 1 is 0.875 bits per heavy atom. The molecule has 0 heterocycles. The number of unbranched alkanes of at least 4 members (excludes halogenated alkanes) is 9. The number of nitrogens with zero attached hydrogens (tertiary/aromatic N) is 1. The number of halogens is 1. The normalized spacial score (nSPS) is 12.9. The Bertz CT molecular complexity index is 253. The van der Waals surface area contributed by atoms with Gasteiger partial charge in [-0.15, -0.1) is 0 Å². The average molecular weight is 368 g/mol. The molecule has 0 spiro atoms. The molecule has 0 saturated carbocycles. The van der Waals surface area contributed by atoms with Crippen LogP contribution in [0.5, 0.6) is 0 Å². The van der Waals surface area contributed by atoms with Gasteiger partial charge in [-0.2, -0.15) is 0 Å². The maximum atomic E-state index is 9.95. The van der Waals surface area contributed by atoms with E-state index >= 15 is 0 Å². The highest BCUT2D eigenvalue weighted by Gasteiger charge is 2.19. The minimum Gasteiger partial charge on any atom is -1.00 e. The van der Waals surface area contributed by atoms with Crippen molar-refractivity contribution in [2.24, 2.45) is 0 Å². The van der Waals surface area contributed by atoms with Crippen molar-refractivity contribution in [3.63, 3.8) is 0 Å². The third kappa shape index (κ3) is 18.5. The number of aliphatic hydroxyl groups is 2. The Hall–Kier alpha value is 0.130. The summed E-state index contributed by atoms with van der Waals surface area (Å²) in [4.78, 5) is 0. The van der Waals surface area contributed by atoms with E-state index < -0.39 is 6.10 Å². The van der Waals surface area contributed by atoms with Gasteiger partial charge >= 0.3 is 0 Å². The van der Waals surface area contributed by atoms with Gasteiger partial charge in [-0.05, 0) is 6.42 Å². The van der Waals surface area contributed by atoms with Crippen LogP contribution in [-0.4, -0.2) is 67.8 Å². The van der Waals surface area contributed by atoms with E-state index in [4.69, 9.17) is 9.84 Å². The quantitative estimate of drug-likeness (QED) is 0.288. The molecule has 0 aliphatic heterocycles. The molecule has 0 saturated heterocycles. The van der Waals surface area contributed by atoms with E-state index in [1.165, 1.54) is 57.8 Å². The first-order valence-electron chi connectivity index (χ1n) is 9.70. The van der Waals surface area contributed by atoms with E-state index in [0.29, 0.717) is 24.2 Å². The van der Waals surface area contributed by atoms with Crippen LogP contribution in [0, 0.1) is 0 Å². The average Bonchev–Trinajstić information content (AvgIpc) is 2.47. The van der Waals surface area contributed by atoms with Crippen LogP contribution >= 0.6 is 0 Å². The standard InChI is InChI=1S/C19H42NO3.ClH/c1-4-5-6-7-8-9-10-11-12-13-16-23-18-19(22)17-20(2,3)14-15-21;/h19,21-22H,4-18H2,1-3H3;1H/q+1;/p-1. The highest BCUT2D eigenvalue weighted by atomic mass is 35.5. The van der Waals surface area contributed by atoms with Crippen molar-refractivity contribution in [1.29, 1.82) is 0 Å². The molecule has 24 heavy (non-hydrogen) atoms. The molecule has 1 unspecified atom stereocenters. The summed E-state index contributed by atoms with van der Waals surface area (Å²) in [7, 11) is 4.03. The van der Waals surface area contributed by atoms with Gasteiger partial charge in [-0.3, -0.25) is 0 Å². The third-order valence-corrected chi connectivity index (χ3v) is 4.36. The van der Waals surface area contributed by atoms with E-state index in [1.807, 2.05) is 14.1 Å². The highest BCUT2D eigenvalue weighted by molar-refractivity contribution is 4.53. The first-order chi connectivity index (χ1) is 11.0. The third-order valence-electron chi connectivity index (χ3n) is 4.36. The lowest BCUT2D eigenvalue weighted by Gasteiger charge is -2.31. The van der Waals surface area contributed by atoms with Crippen molar-refractivity contribution in [3.05, 3.63) is 0 Å². The molecular weight excluding hydrogens is 326 g/mol. The molecule has 0 aliphatic carbocycles. The van der Waals surface area contributed by atoms with Gasteiger partial charge in [0.2, 0.25) is 0 Å². The first kappa shape index (κ1) is 26.4. The van der Waals surface area contributed by atoms with Crippen molar-refractivity contribution in [1.82, 2.24) is 0 Å². The molecule has 0 aromatic rings. The molecule has 148 valence electrons. The number of ether oxygens (including phenoxy) is 1. The predicted octanol–water partition coefficient (Wildman–Crippen LogP) is 0.358. The molecule has 1 atom stereocenters. The Kier molecular flexibility index (Phi) is 19.7. The molecule has 0 aliphatic rings. The van der Waals surface area contributed by atoms with Crippen LogP contribution in [0.3, 0.4) is 0 Å². The summed E-state index contributed by atoms with van der Waals surface area (Å²) in [5.41, 5.74) is 0. The zero-order chi connectivity index (χ0) is 17.4. The summed E-state index contributed by atoms with van der Waals surface area (Å²) in [5, 5.41) is 18.9. The molecule has 0 amide bonds. The van der Waals surface area contributed by atoms with Crippen molar-refractivity contribution >= 4 is 0 Å². The predicted molar refractivity (Wildman–Crippen MR) is 97.6 cm³/mol. The van der Waals surface area contributed by atoms with Gasteiger partial charge in [0.1, 0.15) is 19.2 Å². The number of aliphatic hydroxyl groups excluding tert-OH is 2. The fourth-order valence-electron chi connectivity index (χ4n) is 2.90. The first-order valence-corrected chi connectivity index (χ1v) is 9.70. The summed E-state index contributed by atoms with van der Waals surface area (Å²) < 4.78 is 6.19. The number of likely N-dealkylation sites (N-methyl/N-ethyl adjacent to an activating group) is 1. The molecule has 0 aromatic carbocycles. The van der Waals surface area contributed by atoms with Crippen molar-refractivity contribution in [3.8, 4) is 0 Å². The van der Waals surface area contributed by atoms with Crippen LogP contribution in [0.4, 0.5) is 0 Å². The van der Waals surface area contributed by atoms with E-state index in [0.717, 1.165) is 13.0 Å². The number of hydrogen-bond donors (Lipinski definition) is 2. The number of hydrogen-bond acceptors (Lipinski definition) is 3. The number of rotatable bonds is 17. The molecule has 4 nitrogen and oxygen atoms in total. The van der Waals surface area contributed by atoms with E-state index in [-0.39, 0.29) is 19.0 Å². The summed E-state index contributed by atoms with van der Waals surface area (Å²) in [6.07, 6.45) is 12.8. The van der Waals surface area contributed by atoms with Gasteiger partial charge in [-0.1, -0.05) is 64.7 Å². The van der Waals surface area contributed by atoms with Crippen molar-refractivity contribution < 1.29 is 31.8 Å². The lowest BCUT2D eigenvalue weighted by atomic mass is 10.1. The lowest BCUT2D eigenvalue weighted by molar-refractivity contribution is -0.893. The summed E-state index contributed by atoms with van der Waals surface area (Å²) in [5.74, 6) is 0. The van der Waals surface area contributed by atoms with Crippen LogP contribution in [0.1, 0.15) is 71.1 Å². The Morgan fingerprint density at radius 2 is 1.38 bits per heavy atom. The maximum absolute atomic E-state index is 9.95. The van der Waals surface area contributed by atoms with Crippen LogP contribution in [0.2, 0.25) is 0 Å². The lowest BCUT2D eigenvalue weighted by Crippen LogP contribution is -3.00. The van der Waals surface area contributed by atoms with Crippen LogP contribution in [0.25, 0.3) is 0 Å².